The molecule has 2 heterocycles. The van der Waals surface area contributed by atoms with Crippen LogP contribution in [-0.4, -0.2) is 51.9 Å². The maximum Gasteiger partial charge on any atom is 0.323 e. The van der Waals surface area contributed by atoms with Crippen molar-refractivity contribution >= 4 is 35.1 Å². The fourth-order valence-electron chi connectivity index (χ4n) is 7.21. The summed E-state index contributed by atoms with van der Waals surface area (Å²) in [6, 6.07) is 15.5. The maximum absolute atomic E-state index is 11.9. The minimum absolute atomic E-state index is 0.205. The minimum atomic E-state index is -0.933. The van der Waals surface area contributed by atoms with Gasteiger partial charge in [-0.3, -0.25) is 14.9 Å². The Balaban J connectivity index is 1.13. The van der Waals surface area contributed by atoms with Crippen LogP contribution in [0.2, 0.25) is 10.0 Å². The summed E-state index contributed by atoms with van der Waals surface area (Å²) < 4.78 is 23.3. The summed E-state index contributed by atoms with van der Waals surface area (Å²) in [6.45, 7) is 4.75. The highest BCUT2D eigenvalue weighted by Gasteiger charge is 2.45. The lowest BCUT2D eigenvalue weighted by Gasteiger charge is -2.38. The third kappa shape index (κ3) is 7.94. The summed E-state index contributed by atoms with van der Waals surface area (Å²) in [6.07, 6.45) is 5.27. The number of methoxy groups -OCH3 is 2. The lowest BCUT2D eigenvalue weighted by atomic mass is 9.66. The van der Waals surface area contributed by atoms with Crippen molar-refractivity contribution in [1.29, 1.82) is 0 Å². The number of carboxylic acid groups (broad SMARTS) is 2. The van der Waals surface area contributed by atoms with Crippen molar-refractivity contribution in [2.24, 2.45) is 5.41 Å². The molecule has 2 aliphatic rings. The average Bonchev–Trinajstić information content (AvgIpc) is 3.10. The zero-order chi connectivity index (χ0) is 38.6. The predicted molar refractivity (Wildman–Crippen MR) is 205 cm³/mol. The van der Waals surface area contributed by atoms with Gasteiger partial charge in [0.05, 0.1) is 19.6 Å². The van der Waals surface area contributed by atoms with Crippen molar-refractivity contribution in [1.82, 2.24) is 15.3 Å². The van der Waals surface area contributed by atoms with Crippen molar-refractivity contribution < 1.29 is 38.7 Å². The first-order valence-corrected chi connectivity index (χ1v) is 18.8. The molecular weight excluding hydrogens is 733 g/mol. The van der Waals surface area contributed by atoms with Crippen LogP contribution in [0.5, 0.6) is 23.5 Å². The first-order chi connectivity index (χ1) is 25.9. The predicted octanol–water partition coefficient (Wildman–Crippen LogP) is 8.53. The van der Waals surface area contributed by atoms with E-state index in [0.29, 0.717) is 65.9 Å². The van der Waals surface area contributed by atoms with Gasteiger partial charge >= 0.3 is 11.9 Å². The number of hydrogen-bond acceptors (Lipinski definition) is 9. The summed E-state index contributed by atoms with van der Waals surface area (Å²) in [5.41, 5.74) is 5.79. The normalized spacial score (nSPS) is 15.4. The third-order valence-corrected chi connectivity index (χ3v) is 11.7. The minimum Gasteiger partial charge on any atom is -0.481 e. The largest absolute Gasteiger partial charge is 0.481 e. The van der Waals surface area contributed by atoms with Gasteiger partial charge in [-0.1, -0.05) is 66.0 Å². The van der Waals surface area contributed by atoms with E-state index in [4.69, 9.17) is 42.1 Å². The highest BCUT2D eigenvalue weighted by molar-refractivity contribution is 6.32. The van der Waals surface area contributed by atoms with Crippen molar-refractivity contribution in [3.8, 4) is 34.6 Å². The first kappa shape index (κ1) is 39.1. The topological polar surface area (TPSA) is 149 Å². The van der Waals surface area contributed by atoms with Crippen molar-refractivity contribution in [2.45, 2.75) is 90.5 Å². The molecule has 54 heavy (non-hydrogen) atoms. The van der Waals surface area contributed by atoms with Gasteiger partial charge in [0.15, 0.2) is 0 Å². The number of carboxylic acids is 2. The van der Waals surface area contributed by atoms with Crippen LogP contribution >= 0.6 is 23.2 Å². The second kappa shape index (κ2) is 16.4. The van der Waals surface area contributed by atoms with E-state index in [1.807, 2.05) is 38.1 Å². The number of aliphatic carboxylic acids is 2. The van der Waals surface area contributed by atoms with E-state index in [1.165, 1.54) is 14.2 Å². The Bertz CT molecular complexity index is 1900. The number of nitrogens with one attached hydrogen (secondary N) is 1. The SMILES string of the molecule is COc1nc(OCc2cccc(-c3cccc(COc4nc(OC)c(CNC5(C(=O)O)CCC5)cc4Cl)c3C)c2C)c(Cl)cc1CCC1(C(=O)O)CCC1. The molecular formula is C41H45Cl2N3O8. The molecule has 2 saturated carbocycles. The number of carbonyl (C=O) groups is 2. The van der Waals surface area contributed by atoms with Crippen molar-refractivity contribution in [3.63, 3.8) is 0 Å². The van der Waals surface area contributed by atoms with E-state index in [0.717, 1.165) is 51.8 Å². The number of halogens is 2. The van der Waals surface area contributed by atoms with Crippen LogP contribution in [-0.2, 0) is 35.8 Å². The highest BCUT2D eigenvalue weighted by Crippen LogP contribution is 2.46. The molecule has 0 radical (unpaired) electrons. The first-order valence-electron chi connectivity index (χ1n) is 18.0. The molecule has 2 aromatic heterocycles. The Morgan fingerprint density at radius 1 is 0.722 bits per heavy atom. The molecule has 2 fully saturated rings. The lowest BCUT2D eigenvalue weighted by Crippen LogP contribution is -2.56. The smallest absolute Gasteiger partial charge is 0.323 e. The van der Waals surface area contributed by atoms with E-state index in [-0.39, 0.29) is 31.5 Å². The highest BCUT2D eigenvalue weighted by atomic mass is 35.5. The summed E-state index contributed by atoms with van der Waals surface area (Å²) in [5.74, 6) is -0.478. The molecule has 286 valence electrons. The molecule has 0 aliphatic heterocycles. The van der Waals surface area contributed by atoms with Gasteiger partial charge in [0.1, 0.15) is 28.8 Å². The van der Waals surface area contributed by atoms with Crippen molar-refractivity contribution in [3.05, 3.63) is 92.0 Å². The summed E-state index contributed by atoms with van der Waals surface area (Å²) in [7, 11) is 3.03. The Labute approximate surface area is 324 Å². The number of hydrogen-bond donors (Lipinski definition) is 3. The average molecular weight is 779 g/mol. The van der Waals surface area contributed by atoms with Crippen LogP contribution < -0.4 is 24.3 Å². The second-order valence-electron chi connectivity index (χ2n) is 14.2. The van der Waals surface area contributed by atoms with Gasteiger partial charge in [0.25, 0.3) is 0 Å². The number of aromatic nitrogens is 2. The molecule has 11 nitrogen and oxygen atoms in total. The molecule has 0 saturated heterocycles. The van der Waals surface area contributed by atoms with Crippen LogP contribution in [0.3, 0.4) is 0 Å². The fraction of sp³-hybridized carbons (Fsp3) is 0.415. The number of pyridine rings is 2. The van der Waals surface area contributed by atoms with Crippen LogP contribution in [0, 0.1) is 19.3 Å². The van der Waals surface area contributed by atoms with Gasteiger partial charge in [-0.05, 0) is 104 Å². The van der Waals surface area contributed by atoms with E-state index in [2.05, 4.69) is 27.4 Å². The second-order valence-corrected chi connectivity index (χ2v) is 15.0. The Kier molecular flexibility index (Phi) is 11.9. The molecule has 13 heteroatoms. The number of rotatable bonds is 17. The zero-order valence-corrected chi connectivity index (χ0v) is 32.4. The molecule has 0 amide bonds. The molecule has 0 spiro atoms. The van der Waals surface area contributed by atoms with E-state index in [1.54, 1.807) is 12.1 Å². The van der Waals surface area contributed by atoms with Gasteiger partial charge in [0, 0.05) is 17.7 Å². The van der Waals surface area contributed by atoms with Gasteiger partial charge in [-0.2, -0.15) is 9.97 Å². The van der Waals surface area contributed by atoms with E-state index >= 15 is 0 Å². The van der Waals surface area contributed by atoms with Gasteiger partial charge in [-0.25, -0.2) is 0 Å². The zero-order valence-electron chi connectivity index (χ0n) is 30.9. The molecule has 2 aromatic carbocycles. The summed E-state index contributed by atoms with van der Waals surface area (Å²) in [4.78, 5) is 32.7. The van der Waals surface area contributed by atoms with Gasteiger partial charge in [0.2, 0.25) is 23.5 Å². The lowest BCUT2D eigenvalue weighted by molar-refractivity contribution is -0.155. The molecule has 2 aliphatic carbocycles. The van der Waals surface area contributed by atoms with Crippen LogP contribution in [0.15, 0.2) is 48.5 Å². The number of ether oxygens (including phenoxy) is 4. The van der Waals surface area contributed by atoms with E-state index in [9.17, 15) is 19.8 Å². The standard InChI is InChI=1S/C41H45Cl2N3O8/c1-24-27(22-53-36-32(42)19-26(34(45-36)51-3)13-18-40(38(47)48)14-7-15-40)9-5-11-30(24)31-12-6-10-28(25(31)2)23-54-37-33(43)20-29(35(46-37)52-4)21-44-41(39(49)50)16-8-17-41/h5-6,9-12,19-20,44H,7-8,13-18,21-23H2,1-4H3,(H,47,48)(H,49,50). The molecule has 6 rings (SSSR count). The Morgan fingerprint density at radius 2 is 1.22 bits per heavy atom. The molecule has 0 atom stereocenters. The summed E-state index contributed by atoms with van der Waals surface area (Å²) >= 11 is 13.2. The summed E-state index contributed by atoms with van der Waals surface area (Å²) in [5, 5.41) is 23.2. The van der Waals surface area contributed by atoms with Crippen LogP contribution in [0.4, 0.5) is 0 Å². The quantitative estimate of drug-likeness (QED) is 0.0947. The monoisotopic (exact) mass is 777 g/mol. The molecule has 4 aromatic rings. The van der Waals surface area contributed by atoms with Crippen molar-refractivity contribution in [2.75, 3.05) is 14.2 Å². The third-order valence-electron chi connectivity index (χ3n) is 11.1. The number of nitrogens with zero attached hydrogens (tertiary/aromatic N) is 2. The van der Waals surface area contributed by atoms with E-state index < -0.39 is 22.9 Å². The van der Waals surface area contributed by atoms with Crippen LogP contribution in [0.25, 0.3) is 11.1 Å². The maximum atomic E-state index is 11.9. The Hall–Kier alpha value is -4.58. The number of aryl methyl sites for hydroxylation is 1. The molecule has 0 unspecified atom stereocenters. The van der Waals surface area contributed by atoms with Crippen LogP contribution in [0.1, 0.15) is 78.3 Å². The molecule has 0 bridgehead atoms. The van der Waals surface area contributed by atoms with Gasteiger partial charge in [-0.15, -0.1) is 0 Å². The fourth-order valence-corrected chi connectivity index (χ4v) is 7.67. The number of benzene rings is 2. The molecule has 3 N–H and O–H groups in total. The van der Waals surface area contributed by atoms with Gasteiger partial charge < -0.3 is 29.2 Å². The Morgan fingerprint density at radius 3 is 1.65 bits per heavy atom.